The molecule has 1 aromatic heterocycles. The van der Waals surface area contributed by atoms with E-state index < -0.39 is 0 Å². The Bertz CT molecular complexity index is 583. The molecule has 1 atom stereocenters. The Hall–Kier alpha value is -2.30. The van der Waals surface area contributed by atoms with Crippen molar-refractivity contribution in [3.63, 3.8) is 0 Å². The van der Waals surface area contributed by atoms with Gasteiger partial charge in [-0.15, -0.1) is 22.5 Å². The van der Waals surface area contributed by atoms with Gasteiger partial charge in [-0.05, 0) is 12.8 Å². The molecule has 1 fully saturated rings. The number of nitrogens with one attached hydrogen (secondary N) is 1. The first-order chi connectivity index (χ1) is 10.7. The first-order valence-corrected chi connectivity index (χ1v) is 7.61. The number of aromatic nitrogens is 4. The molecule has 1 saturated heterocycles. The molecule has 1 aromatic rings. The largest absolute Gasteiger partial charge is 0.342 e. The van der Waals surface area contributed by atoms with Gasteiger partial charge in [0.15, 0.2) is 11.5 Å². The number of H-pyrrole nitrogens is 1. The number of hydrogen-bond acceptors (Lipinski definition) is 6. The fourth-order valence-corrected chi connectivity index (χ4v) is 2.89. The van der Waals surface area contributed by atoms with Crippen LogP contribution in [0.15, 0.2) is 10.2 Å². The molecule has 8 nitrogen and oxygen atoms in total. The minimum atomic E-state index is -0.384. The maximum atomic E-state index is 12.4. The molecule has 3 rings (SSSR count). The lowest BCUT2D eigenvalue weighted by Crippen LogP contribution is -2.39. The maximum absolute atomic E-state index is 12.4. The molecule has 8 heteroatoms. The van der Waals surface area contributed by atoms with Crippen molar-refractivity contribution in [1.29, 1.82) is 0 Å². The molecular formula is C14H19N7O. The fourth-order valence-electron chi connectivity index (χ4n) is 2.89. The summed E-state index contributed by atoms with van der Waals surface area (Å²) in [6.45, 7) is 1.45. The van der Waals surface area contributed by atoms with Gasteiger partial charge < -0.3 is 4.90 Å². The normalized spacial score (nSPS) is 22.3. The Morgan fingerprint density at radius 2 is 2.32 bits per heavy atom. The molecule has 0 spiro atoms. The van der Waals surface area contributed by atoms with E-state index in [0.29, 0.717) is 31.6 Å². The average Bonchev–Trinajstić information content (AvgIpc) is 3.10. The van der Waals surface area contributed by atoms with Gasteiger partial charge in [0.1, 0.15) is 0 Å². The summed E-state index contributed by atoms with van der Waals surface area (Å²) in [5.41, 5.74) is -0.384. The number of piperidine rings is 1. The van der Waals surface area contributed by atoms with E-state index in [4.69, 9.17) is 6.42 Å². The Morgan fingerprint density at radius 3 is 3.00 bits per heavy atom. The topological polar surface area (TPSA) is 99.5 Å². The van der Waals surface area contributed by atoms with Gasteiger partial charge in [-0.1, -0.05) is 5.21 Å². The van der Waals surface area contributed by atoms with Crippen molar-refractivity contribution in [2.75, 3.05) is 13.1 Å². The highest BCUT2D eigenvalue weighted by molar-refractivity contribution is 5.76. The second-order valence-electron chi connectivity index (χ2n) is 5.84. The number of nitrogens with zero attached hydrogens (tertiary/aromatic N) is 6. The number of amides is 1. The first kappa shape index (κ1) is 14.6. The lowest BCUT2D eigenvalue weighted by Gasteiger charge is -2.31. The molecule has 0 aliphatic carbocycles. The summed E-state index contributed by atoms with van der Waals surface area (Å²) < 4.78 is 0. The number of terminal acetylenes is 1. The first-order valence-electron chi connectivity index (χ1n) is 7.61. The van der Waals surface area contributed by atoms with Crippen molar-refractivity contribution < 1.29 is 4.79 Å². The minimum absolute atomic E-state index is 0.144. The second kappa shape index (κ2) is 6.22. The van der Waals surface area contributed by atoms with E-state index in [9.17, 15) is 4.79 Å². The van der Waals surface area contributed by atoms with Crippen molar-refractivity contribution in [2.45, 2.75) is 50.1 Å². The van der Waals surface area contributed by atoms with E-state index in [0.717, 1.165) is 25.8 Å². The zero-order valence-electron chi connectivity index (χ0n) is 12.4. The van der Waals surface area contributed by atoms with E-state index in [1.54, 1.807) is 0 Å². The summed E-state index contributed by atoms with van der Waals surface area (Å²) in [7, 11) is 0. The monoisotopic (exact) mass is 301 g/mol. The van der Waals surface area contributed by atoms with Crippen LogP contribution in [0.2, 0.25) is 0 Å². The quantitative estimate of drug-likeness (QED) is 0.799. The number of aromatic amines is 1. The molecule has 0 bridgehead atoms. The van der Waals surface area contributed by atoms with Crippen LogP contribution in [0.4, 0.5) is 0 Å². The smallest absolute Gasteiger partial charge is 0.222 e. The predicted molar refractivity (Wildman–Crippen MR) is 77.6 cm³/mol. The molecule has 3 heterocycles. The third-order valence-electron chi connectivity index (χ3n) is 4.29. The summed E-state index contributed by atoms with van der Waals surface area (Å²) in [4.78, 5) is 14.3. The lowest BCUT2D eigenvalue weighted by molar-refractivity contribution is -0.132. The summed E-state index contributed by atoms with van der Waals surface area (Å²) in [6, 6.07) is 0. The van der Waals surface area contributed by atoms with Gasteiger partial charge in [0.25, 0.3) is 0 Å². The lowest BCUT2D eigenvalue weighted by atomic mass is 9.96. The van der Waals surface area contributed by atoms with Gasteiger partial charge >= 0.3 is 0 Å². The van der Waals surface area contributed by atoms with Crippen LogP contribution in [-0.4, -0.2) is 50.2 Å². The Kier molecular flexibility index (Phi) is 4.13. The SMILES string of the molecule is C#CCCC1(CCC(=O)N2CCCC(c3nn[nH]n3)C2)N=N1. The van der Waals surface area contributed by atoms with Crippen molar-refractivity contribution in [1.82, 2.24) is 25.5 Å². The fraction of sp³-hybridized carbons (Fsp3) is 0.714. The molecule has 22 heavy (non-hydrogen) atoms. The summed E-state index contributed by atoms with van der Waals surface area (Å²) in [5, 5.41) is 22.3. The van der Waals surface area contributed by atoms with E-state index in [1.807, 2.05) is 4.90 Å². The van der Waals surface area contributed by atoms with Crippen molar-refractivity contribution >= 4 is 5.91 Å². The third-order valence-corrected chi connectivity index (χ3v) is 4.29. The van der Waals surface area contributed by atoms with Crippen LogP contribution in [0.1, 0.15) is 50.3 Å². The average molecular weight is 301 g/mol. The molecule has 1 N–H and O–H groups in total. The van der Waals surface area contributed by atoms with Crippen LogP contribution in [0.25, 0.3) is 0 Å². The summed E-state index contributed by atoms with van der Waals surface area (Å²) >= 11 is 0. The third kappa shape index (κ3) is 3.30. The molecule has 2 aliphatic heterocycles. The van der Waals surface area contributed by atoms with Crippen molar-refractivity contribution in [3.05, 3.63) is 5.82 Å². The highest BCUT2D eigenvalue weighted by Gasteiger charge is 2.40. The van der Waals surface area contributed by atoms with Crippen LogP contribution in [0.5, 0.6) is 0 Å². The molecule has 0 aromatic carbocycles. The van der Waals surface area contributed by atoms with Gasteiger partial charge in [-0.25, -0.2) is 0 Å². The van der Waals surface area contributed by atoms with Gasteiger partial charge in [-0.3, -0.25) is 4.79 Å². The number of tetrazole rings is 1. The van der Waals surface area contributed by atoms with Crippen LogP contribution >= 0.6 is 0 Å². The standard InChI is InChI=1S/C14H19N7O/c1-2-3-7-14(17-18-14)8-6-12(22)21-9-4-5-11(10-21)13-15-19-20-16-13/h1,11H,3-10H2,(H,15,16,19,20). The van der Waals surface area contributed by atoms with E-state index >= 15 is 0 Å². The Labute approximate surface area is 128 Å². The summed E-state index contributed by atoms with van der Waals surface area (Å²) in [6.07, 6.45) is 9.70. The molecule has 0 saturated carbocycles. The molecule has 1 unspecified atom stereocenters. The number of likely N-dealkylation sites (tertiary alicyclic amines) is 1. The molecular weight excluding hydrogens is 282 g/mol. The number of carbonyl (C=O) groups is 1. The van der Waals surface area contributed by atoms with Crippen LogP contribution < -0.4 is 0 Å². The molecule has 1 amide bonds. The zero-order chi connectivity index (χ0) is 15.4. The number of carbonyl (C=O) groups excluding carboxylic acids is 1. The van der Waals surface area contributed by atoms with E-state index in [2.05, 4.69) is 36.8 Å². The van der Waals surface area contributed by atoms with Crippen LogP contribution in [0.3, 0.4) is 0 Å². The highest BCUT2D eigenvalue weighted by atomic mass is 16.2. The number of hydrogen-bond donors (Lipinski definition) is 1. The van der Waals surface area contributed by atoms with Crippen molar-refractivity contribution in [2.24, 2.45) is 10.2 Å². The number of rotatable bonds is 6. The zero-order valence-corrected chi connectivity index (χ0v) is 12.4. The van der Waals surface area contributed by atoms with Gasteiger partial charge in [0.05, 0.1) is 0 Å². The Morgan fingerprint density at radius 1 is 1.45 bits per heavy atom. The molecule has 116 valence electrons. The second-order valence-corrected chi connectivity index (χ2v) is 5.84. The van der Waals surface area contributed by atoms with Gasteiger partial charge in [-0.2, -0.15) is 15.4 Å². The van der Waals surface area contributed by atoms with E-state index in [-0.39, 0.29) is 17.5 Å². The Balaban J connectivity index is 1.49. The van der Waals surface area contributed by atoms with Gasteiger partial charge in [0, 0.05) is 44.7 Å². The minimum Gasteiger partial charge on any atom is -0.342 e. The van der Waals surface area contributed by atoms with Crippen LogP contribution in [0, 0.1) is 12.3 Å². The summed E-state index contributed by atoms with van der Waals surface area (Å²) in [5.74, 6) is 3.60. The predicted octanol–water partition coefficient (Wildman–Crippen LogP) is 1.26. The van der Waals surface area contributed by atoms with Crippen molar-refractivity contribution in [3.8, 4) is 12.3 Å². The maximum Gasteiger partial charge on any atom is 0.222 e. The van der Waals surface area contributed by atoms with Crippen LogP contribution in [-0.2, 0) is 4.79 Å². The van der Waals surface area contributed by atoms with Gasteiger partial charge in [0.2, 0.25) is 5.91 Å². The van der Waals surface area contributed by atoms with E-state index in [1.165, 1.54) is 0 Å². The molecule has 2 aliphatic rings. The highest BCUT2D eigenvalue weighted by Crippen LogP contribution is 2.38. The molecule has 0 radical (unpaired) electrons.